The Hall–Kier alpha value is -4.03. The standard InChI is InChI=1S/C27H23N3O3/c1-33-20-13-14-21-19(16-20)12-15-22-23(21)29-24(25(31)17-8-4-2-5-9-17)26(28-22)30-27(32)18-10-6-3-7-11-18/h2-11,13-14,16,25,31H,12,15H2,1H3,(H,28,30,32). The number of nitrogens with one attached hydrogen (secondary N) is 1. The summed E-state index contributed by atoms with van der Waals surface area (Å²) in [6.45, 7) is 0. The Labute approximate surface area is 191 Å². The summed E-state index contributed by atoms with van der Waals surface area (Å²) >= 11 is 0. The van der Waals surface area contributed by atoms with Gasteiger partial charge in [0.15, 0.2) is 5.82 Å². The monoisotopic (exact) mass is 437 g/mol. The second-order valence-electron chi connectivity index (χ2n) is 7.91. The van der Waals surface area contributed by atoms with E-state index in [0.717, 1.165) is 34.7 Å². The minimum absolute atomic E-state index is 0.274. The van der Waals surface area contributed by atoms with Crippen molar-refractivity contribution in [3.63, 3.8) is 0 Å². The Morgan fingerprint density at radius 1 is 0.970 bits per heavy atom. The van der Waals surface area contributed by atoms with Crippen LogP contribution in [0.5, 0.6) is 5.75 Å². The number of benzene rings is 3. The topological polar surface area (TPSA) is 84.3 Å². The van der Waals surface area contributed by atoms with Gasteiger partial charge in [0.05, 0.1) is 18.5 Å². The summed E-state index contributed by atoms with van der Waals surface area (Å²) < 4.78 is 5.37. The van der Waals surface area contributed by atoms with Crippen LogP contribution in [0.3, 0.4) is 0 Å². The number of anilines is 1. The molecule has 6 nitrogen and oxygen atoms in total. The van der Waals surface area contributed by atoms with Gasteiger partial charge >= 0.3 is 0 Å². The van der Waals surface area contributed by atoms with Gasteiger partial charge in [0, 0.05) is 11.1 Å². The Balaban J connectivity index is 1.61. The first-order chi connectivity index (χ1) is 16.1. The number of aliphatic hydroxyl groups is 1. The molecule has 2 N–H and O–H groups in total. The first-order valence-electron chi connectivity index (χ1n) is 10.8. The molecule has 1 atom stereocenters. The molecule has 0 bridgehead atoms. The zero-order valence-electron chi connectivity index (χ0n) is 18.2. The minimum Gasteiger partial charge on any atom is -0.497 e. The van der Waals surface area contributed by atoms with Crippen molar-refractivity contribution in [3.05, 3.63) is 107 Å². The van der Waals surface area contributed by atoms with Crippen molar-refractivity contribution in [3.8, 4) is 17.0 Å². The number of aromatic nitrogens is 2. The summed E-state index contributed by atoms with van der Waals surface area (Å²) in [6.07, 6.45) is 0.429. The molecular formula is C27H23N3O3. The lowest BCUT2D eigenvalue weighted by Gasteiger charge is -2.23. The molecule has 164 valence electrons. The van der Waals surface area contributed by atoms with E-state index in [1.807, 2.05) is 54.6 Å². The highest BCUT2D eigenvalue weighted by atomic mass is 16.5. The van der Waals surface area contributed by atoms with E-state index in [1.54, 1.807) is 31.4 Å². The first-order valence-corrected chi connectivity index (χ1v) is 10.8. The highest BCUT2D eigenvalue weighted by molar-refractivity contribution is 6.04. The number of aryl methyl sites for hydroxylation is 2. The molecule has 5 rings (SSSR count). The molecule has 33 heavy (non-hydrogen) atoms. The predicted molar refractivity (Wildman–Crippen MR) is 126 cm³/mol. The maximum atomic E-state index is 12.9. The number of aliphatic hydroxyl groups excluding tert-OH is 1. The fourth-order valence-electron chi connectivity index (χ4n) is 4.11. The van der Waals surface area contributed by atoms with Crippen LogP contribution in [-0.4, -0.2) is 28.1 Å². The molecule has 0 aliphatic heterocycles. The summed E-state index contributed by atoms with van der Waals surface area (Å²) in [5.41, 5.74) is 5.10. The quantitative estimate of drug-likeness (QED) is 0.477. The molecule has 0 saturated heterocycles. The van der Waals surface area contributed by atoms with Gasteiger partial charge in [-0.05, 0) is 54.3 Å². The summed E-state index contributed by atoms with van der Waals surface area (Å²) in [5.74, 6) is 0.768. The van der Waals surface area contributed by atoms with E-state index in [0.29, 0.717) is 23.2 Å². The zero-order chi connectivity index (χ0) is 22.8. The number of amides is 1. The van der Waals surface area contributed by atoms with E-state index in [2.05, 4.69) is 5.32 Å². The Bertz CT molecular complexity index is 1310. The second-order valence-corrected chi connectivity index (χ2v) is 7.91. The third-order valence-corrected chi connectivity index (χ3v) is 5.84. The molecule has 3 aromatic carbocycles. The SMILES string of the molecule is COc1ccc2c(c1)CCc1nc(NC(=O)c3ccccc3)c(C(O)c3ccccc3)nc1-2. The highest BCUT2D eigenvalue weighted by Crippen LogP contribution is 2.37. The molecule has 1 aromatic heterocycles. The van der Waals surface area contributed by atoms with E-state index < -0.39 is 6.10 Å². The van der Waals surface area contributed by atoms with Gasteiger partial charge in [0.2, 0.25) is 0 Å². The number of nitrogens with zero attached hydrogens (tertiary/aromatic N) is 2. The van der Waals surface area contributed by atoms with E-state index in [1.165, 1.54) is 0 Å². The second kappa shape index (κ2) is 8.84. The van der Waals surface area contributed by atoms with Crippen LogP contribution in [0.4, 0.5) is 5.82 Å². The summed E-state index contributed by atoms with van der Waals surface area (Å²) in [6, 6.07) is 24.1. The fourth-order valence-corrected chi connectivity index (χ4v) is 4.11. The number of hydrogen-bond donors (Lipinski definition) is 2. The minimum atomic E-state index is -1.04. The van der Waals surface area contributed by atoms with Gasteiger partial charge in [-0.1, -0.05) is 48.5 Å². The molecule has 1 heterocycles. The smallest absolute Gasteiger partial charge is 0.256 e. The van der Waals surface area contributed by atoms with E-state index in [-0.39, 0.29) is 11.7 Å². The number of ether oxygens (including phenoxy) is 1. The molecule has 0 radical (unpaired) electrons. The summed E-state index contributed by atoms with van der Waals surface area (Å²) in [7, 11) is 1.65. The van der Waals surface area contributed by atoms with Crippen molar-refractivity contribution in [1.29, 1.82) is 0 Å². The van der Waals surface area contributed by atoms with Crippen LogP contribution in [0, 0.1) is 0 Å². The van der Waals surface area contributed by atoms with E-state index in [9.17, 15) is 9.90 Å². The number of carbonyl (C=O) groups excluding carboxylic acids is 1. The highest BCUT2D eigenvalue weighted by Gasteiger charge is 2.26. The van der Waals surface area contributed by atoms with Gasteiger partial charge in [-0.3, -0.25) is 4.79 Å². The van der Waals surface area contributed by atoms with Crippen LogP contribution >= 0.6 is 0 Å². The molecule has 0 saturated carbocycles. The average molecular weight is 437 g/mol. The molecule has 0 fully saturated rings. The van der Waals surface area contributed by atoms with Gasteiger partial charge in [-0.15, -0.1) is 0 Å². The number of methoxy groups -OCH3 is 1. The molecular weight excluding hydrogens is 414 g/mol. The molecule has 4 aromatic rings. The Morgan fingerprint density at radius 2 is 1.70 bits per heavy atom. The summed E-state index contributed by atoms with van der Waals surface area (Å²) in [5, 5.41) is 14.1. The zero-order valence-corrected chi connectivity index (χ0v) is 18.2. The number of rotatable bonds is 5. The lowest BCUT2D eigenvalue weighted by Crippen LogP contribution is -2.20. The maximum Gasteiger partial charge on any atom is 0.256 e. The molecule has 1 aliphatic carbocycles. The number of fused-ring (bicyclic) bond motifs is 3. The average Bonchev–Trinajstić information content (AvgIpc) is 2.88. The maximum absolute atomic E-state index is 12.9. The largest absolute Gasteiger partial charge is 0.497 e. The van der Waals surface area contributed by atoms with Crippen molar-refractivity contribution in [2.45, 2.75) is 18.9 Å². The molecule has 1 aliphatic rings. The predicted octanol–water partition coefficient (Wildman–Crippen LogP) is 4.58. The van der Waals surface area contributed by atoms with Crippen LogP contribution in [0.1, 0.15) is 39.0 Å². The van der Waals surface area contributed by atoms with Crippen LogP contribution in [0.25, 0.3) is 11.3 Å². The lowest BCUT2D eigenvalue weighted by atomic mass is 9.91. The van der Waals surface area contributed by atoms with Crippen molar-refractivity contribution >= 4 is 11.7 Å². The molecule has 0 spiro atoms. The third kappa shape index (κ3) is 4.08. The Morgan fingerprint density at radius 3 is 2.42 bits per heavy atom. The van der Waals surface area contributed by atoms with Crippen LogP contribution < -0.4 is 10.1 Å². The van der Waals surface area contributed by atoms with Crippen molar-refractivity contribution in [2.24, 2.45) is 0 Å². The van der Waals surface area contributed by atoms with Gasteiger partial charge in [0.1, 0.15) is 17.5 Å². The normalized spacial score (nSPS) is 12.9. The third-order valence-electron chi connectivity index (χ3n) is 5.84. The van der Waals surface area contributed by atoms with Crippen LogP contribution in [-0.2, 0) is 12.8 Å². The van der Waals surface area contributed by atoms with Crippen molar-refractivity contribution in [2.75, 3.05) is 12.4 Å². The molecule has 6 heteroatoms. The summed E-state index contributed by atoms with van der Waals surface area (Å²) in [4.78, 5) is 22.5. The molecule has 1 amide bonds. The van der Waals surface area contributed by atoms with Gasteiger partial charge in [0.25, 0.3) is 5.91 Å². The van der Waals surface area contributed by atoms with Gasteiger partial charge < -0.3 is 15.2 Å². The van der Waals surface area contributed by atoms with E-state index >= 15 is 0 Å². The van der Waals surface area contributed by atoms with Gasteiger partial charge in [-0.2, -0.15) is 0 Å². The fraction of sp³-hybridized carbons (Fsp3) is 0.148. The van der Waals surface area contributed by atoms with Crippen molar-refractivity contribution < 1.29 is 14.6 Å². The van der Waals surface area contributed by atoms with Gasteiger partial charge in [-0.25, -0.2) is 9.97 Å². The van der Waals surface area contributed by atoms with Crippen LogP contribution in [0.2, 0.25) is 0 Å². The Kier molecular flexibility index (Phi) is 5.59. The lowest BCUT2D eigenvalue weighted by molar-refractivity contribution is 0.102. The number of hydrogen-bond acceptors (Lipinski definition) is 5. The molecule has 1 unspecified atom stereocenters. The van der Waals surface area contributed by atoms with E-state index in [4.69, 9.17) is 14.7 Å². The number of carbonyl (C=O) groups is 1. The first kappa shape index (κ1) is 20.8. The van der Waals surface area contributed by atoms with Crippen LogP contribution in [0.15, 0.2) is 78.9 Å². The van der Waals surface area contributed by atoms with Crippen molar-refractivity contribution in [1.82, 2.24) is 9.97 Å².